The molecule has 0 aromatic carbocycles. The second kappa shape index (κ2) is 5.22. The lowest BCUT2D eigenvalue weighted by Gasteiger charge is -2.19. The molecule has 1 amide bonds. The van der Waals surface area contributed by atoms with E-state index in [1.807, 2.05) is 0 Å². The first kappa shape index (κ1) is 12.0. The van der Waals surface area contributed by atoms with E-state index in [9.17, 15) is 9.59 Å². The Kier molecular flexibility index (Phi) is 3.68. The van der Waals surface area contributed by atoms with Gasteiger partial charge in [0.25, 0.3) is 5.91 Å². The van der Waals surface area contributed by atoms with Gasteiger partial charge in [0.2, 0.25) is 0 Å². The van der Waals surface area contributed by atoms with Crippen molar-refractivity contribution in [3.05, 3.63) is 11.1 Å². The minimum Gasteiger partial charge on any atom is -0.465 e. The average molecular weight is 255 g/mol. The van der Waals surface area contributed by atoms with Gasteiger partial charge in [-0.2, -0.15) is 0 Å². The van der Waals surface area contributed by atoms with Gasteiger partial charge in [-0.1, -0.05) is 4.49 Å². The van der Waals surface area contributed by atoms with Crippen molar-refractivity contribution in [2.75, 3.05) is 13.2 Å². The Balaban J connectivity index is 2.02. The first-order valence-electron chi connectivity index (χ1n) is 5.46. The Labute approximate surface area is 103 Å². The number of rotatable bonds is 5. The molecule has 1 aromatic heterocycles. The molecule has 0 N–H and O–H groups in total. The fraction of sp³-hybridized carbons (Fsp3) is 0.600. The third kappa shape index (κ3) is 3.00. The van der Waals surface area contributed by atoms with E-state index >= 15 is 0 Å². The highest BCUT2D eigenvalue weighted by Crippen LogP contribution is 2.28. The molecule has 2 rings (SSSR count). The van der Waals surface area contributed by atoms with Crippen LogP contribution in [0.1, 0.15) is 29.4 Å². The number of amides is 1. The van der Waals surface area contributed by atoms with Crippen LogP contribution in [0.2, 0.25) is 0 Å². The Morgan fingerprint density at radius 1 is 1.59 bits per heavy atom. The van der Waals surface area contributed by atoms with Crippen LogP contribution in [0.5, 0.6) is 0 Å². The van der Waals surface area contributed by atoms with Crippen molar-refractivity contribution in [2.24, 2.45) is 0 Å². The first-order chi connectivity index (χ1) is 8.22. The van der Waals surface area contributed by atoms with E-state index in [2.05, 4.69) is 9.59 Å². The van der Waals surface area contributed by atoms with Crippen molar-refractivity contribution in [2.45, 2.75) is 25.8 Å². The maximum absolute atomic E-state index is 12.1. The third-order valence-electron chi connectivity index (χ3n) is 2.43. The first-order valence-corrected chi connectivity index (χ1v) is 6.23. The second-order valence-electron chi connectivity index (χ2n) is 3.75. The van der Waals surface area contributed by atoms with Crippen LogP contribution in [0.4, 0.5) is 0 Å². The molecule has 1 aliphatic carbocycles. The zero-order chi connectivity index (χ0) is 12.3. The monoisotopic (exact) mass is 255 g/mol. The number of carbonyl (C=O) groups excluding carboxylic acids is 2. The van der Waals surface area contributed by atoms with Gasteiger partial charge in [-0.05, 0) is 31.3 Å². The Hall–Kier alpha value is -1.50. The lowest BCUT2D eigenvalue weighted by atomic mass is 10.4. The summed E-state index contributed by atoms with van der Waals surface area (Å²) >= 11 is 1.04. The highest BCUT2D eigenvalue weighted by molar-refractivity contribution is 7.07. The Bertz CT molecular complexity index is 403. The zero-order valence-corrected chi connectivity index (χ0v) is 10.3. The van der Waals surface area contributed by atoms with Crippen LogP contribution in [0.15, 0.2) is 6.20 Å². The van der Waals surface area contributed by atoms with Gasteiger partial charge in [-0.15, -0.1) is 5.10 Å². The molecule has 0 spiro atoms. The lowest BCUT2D eigenvalue weighted by Crippen LogP contribution is -2.37. The Morgan fingerprint density at radius 2 is 2.35 bits per heavy atom. The number of hydrogen-bond acceptors (Lipinski definition) is 6. The summed E-state index contributed by atoms with van der Waals surface area (Å²) in [7, 11) is 0. The topological polar surface area (TPSA) is 72.4 Å². The fourth-order valence-electron chi connectivity index (χ4n) is 1.50. The van der Waals surface area contributed by atoms with E-state index in [1.165, 1.54) is 6.20 Å². The molecule has 6 nitrogen and oxygen atoms in total. The summed E-state index contributed by atoms with van der Waals surface area (Å²) in [6.45, 7) is 2.08. The standard InChI is InChI=1S/C10H13N3O3S/c1-2-16-9(14)6-13(7-3-4-7)10(15)8-5-11-12-17-8/h5,7H,2-4,6H2,1H3. The summed E-state index contributed by atoms with van der Waals surface area (Å²) in [4.78, 5) is 25.5. The highest BCUT2D eigenvalue weighted by Gasteiger charge is 2.35. The van der Waals surface area contributed by atoms with Gasteiger partial charge in [0.15, 0.2) is 0 Å². The van der Waals surface area contributed by atoms with E-state index < -0.39 is 0 Å². The molecule has 7 heteroatoms. The van der Waals surface area contributed by atoms with Gasteiger partial charge >= 0.3 is 5.97 Å². The van der Waals surface area contributed by atoms with E-state index in [0.717, 1.165) is 24.4 Å². The molecule has 1 saturated carbocycles. The molecule has 1 fully saturated rings. The summed E-state index contributed by atoms with van der Waals surface area (Å²) in [6, 6.07) is 0.161. The van der Waals surface area contributed by atoms with E-state index in [4.69, 9.17) is 4.74 Å². The molecule has 0 bridgehead atoms. The highest BCUT2D eigenvalue weighted by atomic mass is 32.1. The van der Waals surface area contributed by atoms with Gasteiger partial charge in [0.05, 0.1) is 12.8 Å². The summed E-state index contributed by atoms with van der Waals surface area (Å²) in [6.07, 6.45) is 3.31. The van der Waals surface area contributed by atoms with Gasteiger partial charge in [0.1, 0.15) is 11.4 Å². The number of hydrogen-bond donors (Lipinski definition) is 0. The average Bonchev–Trinajstić information content (AvgIpc) is 3.00. The predicted octanol–water partition coefficient (Wildman–Crippen LogP) is 0.706. The number of esters is 1. The van der Waals surface area contributed by atoms with Gasteiger partial charge in [-0.25, -0.2) is 0 Å². The van der Waals surface area contributed by atoms with Gasteiger partial charge in [-0.3, -0.25) is 9.59 Å². The minimum atomic E-state index is -0.370. The lowest BCUT2D eigenvalue weighted by molar-refractivity contribution is -0.143. The van der Waals surface area contributed by atoms with Crippen LogP contribution in [-0.4, -0.2) is 45.6 Å². The van der Waals surface area contributed by atoms with Crippen molar-refractivity contribution >= 4 is 23.4 Å². The quantitative estimate of drug-likeness (QED) is 0.724. The van der Waals surface area contributed by atoms with Crippen LogP contribution in [0.3, 0.4) is 0 Å². The normalized spacial score (nSPS) is 14.4. The van der Waals surface area contributed by atoms with E-state index in [1.54, 1.807) is 11.8 Å². The van der Waals surface area contributed by atoms with E-state index in [-0.39, 0.29) is 24.5 Å². The SMILES string of the molecule is CCOC(=O)CN(C(=O)c1cnns1)C1CC1. The minimum absolute atomic E-state index is 0.00917. The predicted molar refractivity (Wildman–Crippen MR) is 60.6 cm³/mol. The van der Waals surface area contributed by atoms with Gasteiger partial charge < -0.3 is 9.64 Å². The third-order valence-corrected chi connectivity index (χ3v) is 3.08. The summed E-state index contributed by atoms with van der Waals surface area (Å²) in [5, 5.41) is 3.63. The molecule has 1 aromatic rings. The number of ether oxygens (including phenoxy) is 1. The molecular formula is C10H13N3O3S. The molecule has 0 atom stereocenters. The summed E-state index contributed by atoms with van der Waals surface area (Å²) in [5.74, 6) is -0.555. The number of aromatic nitrogens is 2. The molecule has 92 valence electrons. The Morgan fingerprint density at radius 3 is 2.88 bits per heavy atom. The molecule has 0 aliphatic heterocycles. The molecule has 17 heavy (non-hydrogen) atoms. The van der Waals surface area contributed by atoms with Crippen LogP contribution in [0.25, 0.3) is 0 Å². The number of nitrogens with zero attached hydrogens (tertiary/aromatic N) is 3. The maximum Gasteiger partial charge on any atom is 0.325 e. The summed E-state index contributed by atoms with van der Waals surface area (Å²) in [5.41, 5.74) is 0. The summed E-state index contributed by atoms with van der Waals surface area (Å²) < 4.78 is 8.51. The zero-order valence-electron chi connectivity index (χ0n) is 9.46. The van der Waals surface area contributed by atoms with Crippen LogP contribution in [-0.2, 0) is 9.53 Å². The van der Waals surface area contributed by atoms with Crippen molar-refractivity contribution in [3.63, 3.8) is 0 Å². The van der Waals surface area contributed by atoms with Crippen molar-refractivity contribution < 1.29 is 14.3 Å². The van der Waals surface area contributed by atoms with Gasteiger partial charge in [0, 0.05) is 6.04 Å². The largest absolute Gasteiger partial charge is 0.465 e. The number of carbonyl (C=O) groups is 2. The van der Waals surface area contributed by atoms with Crippen LogP contribution >= 0.6 is 11.5 Å². The molecule has 0 saturated heterocycles. The smallest absolute Gasteiger partial charge is 0.325 e. The molecular weight excluding hydrogens is 242 g/mol. The van der Waals surface area contributed by atoms with E-state index in [0.29, 0.717) is 11.5 Å². The van der Waals surface area contributed by atoms with Crippen LogP contribution in [0, 0.1) is 0 Å². The van der Waals surface area contributed by atoms with Crippen molar-refractivity contribution in [1.82, 2.24) is 14.5 Å². The molecule has 1 heterocycles. The molecule has 0 unspecified atom stereocenters. The van der Waals surface area contributed by atoms with Crippen LogP contribution < -0.4 is 0 Å². The maximum atomic E-state index is 12.1. The second-order valence-corrected chi connectivity index (χ2v) is 4.54. The molecule has 0 radical (unpaired) electrons. The van der Waals surface area contributed by atoms with Crippen molar-refractivity contribution in [3.8, 4) is 0 Å². The van der Waals surface area contributed by atoms with Crippen molar-refractivity contribution in [1.29, 1.82) is 0 Å². The fourth-order valence-corrected chi connectivity index (χ4v) is 1.97. The molecule has 1 aliphatic rings.